The summed E-state index contributed by atoms with van der Waals surface area (Å²) < 4.78 is 0. The van der Waals surface area contributed by atoms with E-state index in [1.807, 2.05) is 12.1 Å². The van der Waals surface area contributed by atoms with Gasteiger partial charge in [-0.25, -0.2) is 0 Å². The van der Waals surface area contributed by atoms with Gasteiger partial charge in [0, 0.05) is 18.2 Å². The van der Waals surface area contributed by atoms with Gasteiger partial charge in [-0.3, -0.25) is 10.1 Å². The molecule has 1 aliphatic heterocycles. The van der Waals surface area contributed by atoms with Gasteiger partial charge in [-0.2, -0.15) is 0 Å². The summed E-state index contributed by atoms with van der Waals surface area (Å²) in [5.74, 6) is 0. The minimum absolute atomic E-state index is 0. The smallest absolute Gasteiger partial charge is 0.269 e. The fourth-order valence-electron chi connectivity index (χ4n) is 1.80. The van der Waals surface area contributed by atoms with Gasteiger partial charge in [-0.05, 0) is 24.9 Å². The zero-order chi connectivity index (χ0) is 9.97. The van der Waals surface area contributed by atoms with E-state index in [0.717, 1.165) is 18.5 Å². The van der Waals surface area contributed by atoms with Crippen molar-refractivity contribution in [2.45, 2.75) is 18.9 Å². The Kier molecular flexibility index (Phi) is 4.05. The molecule has 1 aromatic rings. The number of hydrogen-bond acceptors (Lipinski definition) is 3. The van der Waals surface area contributed by atoms with Crippen LogP contribution in [0.25, 0.3) is 0 Å². The second-order valence-corrected chi connectivity index (χ2v) is 3.50. The number of halogens is 1. The largest absolute Gasteiger partial charge is 0.310 e. The lowest BCUT2D eigenvalue weighted by molar-refractivity contribution is -0.384. The predicted molar refractivity (Wildman–Crippen MR) is 60.3 cm³/mol. The summed E-state index contributed by atoms with van der Waals surface area (Å²) in [5, 5.41) is 13.8. The maximum absolute atomic E-state index is 10.4. The van der Waals surface area contributed by atoms with Crippen LogP contribution in [-0.2, 0) is 0 Å². The number of nitrogens with zero attached hydrogens (tertiary/aromatic N) is 1. The molecule has 0 aliphatic carbocycles. The Morgan fingerprint density at radius 1 is 1.33 bits per heavy atom. The molecule has 0 saturated carbocycles. The minimum Gasteiger partial charge on any atom is -0.310 e. The molecule has 1 N–H and O–H groups in total. The number of hydrogen-bond donors (Lipinski definition) is 1. The average Bonchev–Trinajstić information content (AvgIpc) is 2.71. The van der Waals surface area contributed by atoms with Crippen molar-refractivity contribution in [1.29, 1.82) is 0 Å². The molecular formula is C10H13ClN2O2. The Balaban J connectivity index is 0.00000112. The van der Waals surface area contributed by atoms with E-state index in [1.165, 1.54) is 6.42 Å². The van der Waals surface area contributed by atoms with Gasteiger partial charge in [0.2, 0.25) is 0 Å². The first-order valence-electron chi connectivity index (χ1n) is 4.75. The van der Waals surface area contributed by atoms with Crippen LogP contribution in [0, 0.1) is 10.1 Å². The zero-order valence-corrected chi connectivity index (χ0v) is 9.00. The van der Waals surface area contributed by atoms with Crippen molar-refractivity contribution < 1.29 is 4.92 Å². The fourth-order valence-corrected chi connectivity index (χ4v) is 1.80. The molecule has 1 aromatic carbocycles. The van der Waals surface area contributed by atoms with Crippen LogP contribution in [0.4, 0.5) is 5.69 Å². The molecule has 1 unspecified atom stereocenters. The summed E-state index contributed by atoms with van der Waals surface area (Å²) >= 11 is 0. The number of rotatable bonds is 2. The molecule has 82 valence electrons. The topological polar surface area (TPSA) is 55.2 Å². The summed E-state index contributed by atoms with van der Waals surface area (Å²) in [5.41, 5.74) is 1.31. The molecule has 4 nitrogen and oxygen atoms in total. The molecule has 0 amide bonds. The monoisotopic (exact) mass is 228 g/mol. The van der Waals surface area contributed by atoms with Crippen LogP contribution in [0.1, 0.15) is 24.4 Å². The number of non-ortho nitro benzene ring substituents is 1. The Morgan fingerprint density at radius 2 is 2.00 bits per heavy atom. The Bertz CT molecular complexity index is 334. The fraction of sp³-hybridized carbons (Fsp3) is 0.400. The molecule has 1 saturated heterocycles. The van der Waals surface area contributed by atoms with E-state index in [0.29, 0.717) is 6.04 Å². The van der Waals surface area contributed by atoms with Gasteiger partial charge < -0.3 is 5.32 Å². The molecule has 0 bridgehead atoms. The van der Waals surface area contributed by atoms with Crippen molar-refractivity contribution in [3.63, 3.8) is 0 Å². The van der Waals surface area contributed by atoms with Crippen molar-refractivity contribution in [3.05, 3.63) is 39.9 Å². The lowest BCUT2D eigenvalue weighted by Gasteiger charge is -2.09. The molecule has 2 rings (SSSR count). The maximum atomic E-state index is 10.4. The highest BCUT2D eigenvalue weighted by atomic mass is 35.5. The van der Waals surface area contributed by atoms with Crippen LogP contribution in [0.2, 0.25) is 0 Å². The van der Waals surface area contributed by atoms with E-state index in [9.17, 15) is 10.1 Å². The van der Waals surface area contributed by atoms with Crippen molar-refractivity contribution >= 4 is 18.1 Å². The maximum Gasteiger partial charge on any atom is 0.269 e. The van der Waals surface area contributed by atoms with Gasteiger partial charge in [-0.1, -0.05) is 12.1 Å². The van der Waals surface area contributed by atoms with Gasteiger partial charge in [0.15, 0.2) is 0 Å². The molecular weight excluding hydrogens is 216 g/mol. The molecule has 5 heteroatoms. The van der Waals surface area contributed by atoms with Crippen molar-refractivity contribution in [2.24, 2.45) is 0 Å². The van der Waals surface area contributed by atoms with Crippen LogP contribution in [0.5, 0.6) is 0 Å². The third-order valence-electron chi connectivity index (χ3n) is 2.57. The van der Waals surface area contributed by atoms with E-state index in [-0.39, 0.29) is 23.0 Å². The summed E-state index contributed by atoms with van der Waals surface area (Å²) in [7, 11) is 0. The summed E-state index contributed by atoms with van der Waals surface area (Å²) in [4.78, 5) is 10.1. The lowest BCUT2D eigenvalue weighted by atomic mass is 10.1. The SMILES string of the molecule is Cl.O=[N+]([O-])c1ccc(C2CCCN2)cc1. The second-order valence-electron chi connectivity index (χ2n) is 3.50. The first-order valence-corrected chi connectivity index (χ1v) is 4.75. The van der Waals surface area contributed by atoms with E-state index in [1.54, 1.807) is 12.1 Å². The zero-order valence-electron chi connectivity index (χ0n) is 8.18. The Morgan fingerprint density at radius 3 is 2.47 bits per heavy atom. The lowest BCUT2D eigenvalue weighted by Crippen LogP contribution is -2.12. The van der Waals surface area contributed by atoms with E-state index in [2.05, 4.69) is 5.32 Å². The van der Waals surface area contributed by atoms with Gasteiger partial charge in [0.05, 0.1) is 4.92 Å². The van der Waals surface area contributed by atoms with Crippen molar-refractivity contribution in [1.82, 2.24) is 5.32 Å². The third-order valence-corrected chi connectivity index (χ3v) is 2.57. The number of benzene rings is 1. The van der Waals surface area contributed by atoms with Gasteiger partial charge >= 0.3 is 0 Å². The molecule has 1 heterocycles. The molecule has 1 atom stereocenters. The van der Waals surface area contributed by atoms with Crippen molar-refractivity contribution in [3.8, 4) is 0 Å². The predicted octanol–water partition coefficient (Wildman–Crippen LogP) is 2.44. The van der Waals surface area contributed by atoms with Crippen LogP contribution in [-0.4, -0.2) is 11.5 Å². The Labute approximate surface area is 94.2 Å². The standard InChI is InChI=1S/C10H12N2O2.ClH/c13-12(14)9-5-3-8(4-6-9)10-2-1-7-11-10;/h3-6,10-11H,1-2,7H2;1H. The van der Waals surface area contributed by atoms with Crippen LogP contribution < -0.4 is 5.32 Å². The molecule has 0 spiro atoms. The van der Waals surface area contributed by atoms with E-state index < -0.39 is 0 Å². The van der Waals surface area contributed by atoms with Gasteiger partial charge in [0.1, 0.15) is 0 Å². The molecule has 15 heavy (non-hydrogen) atoms. The summed E-state index contributed by atoms with van der Waals surface area (Å²) in [6.07, 6.45) is 2.31. The quantitative estimate of drug-likeness (QED) is 0.625. The van der Waals surface area contributed by atoms with Crippen LogP contribution in [0.15, 0.2) is 24.3 Å². The highest BCUT2D eigenvalue weighted by molar-refractivity contribution is 5.85. The van der Waals surface area contributed by atoms with E-state index >= 15 is 0 Å². The number of nitrogens with one attached hydrogen (secondary N) is 1. The first kappa shape index (κ1) is 11.9. The minimum atomic E-state index is -0.369. The van der Waals surface area contributed by atoms with Gasteiger partial charge in [0.25, 0.3) is 5.69 Å². The van der Waals surface area contributed by atoms with E-state index in [4.69, 9.17) is 0 Å². The summed E-state index contributed by atoms with van der Waals surface area (Å²) in [6, 6.07) is 7.18. The van der Waals surface area contributed by atoms with Crippen molar-refractivity contribution in [2.75, 3.05) is 6.54 Å². The molecule has 0 radical (unpaired) electrons. The van der Waals surface area contributed by atoms with Crippen LogP contribution in [0.3, 0.4) is 0 Å². The van der Waals surface area contributed by atoms with Crippen LogP contribution >= 0.6 is 12.4 Å². The first-order chi connectivity index (χ1) is 6.77. The summed E-state index contributed by atoms with van der Waals surface area (Å²) in [6.45, 7) is 1.04. The number of nitro benzene ring substituents is 1. The third kappa shape index (κ3) is 2.67. The number of nitro groups is 1. The highest BCUT2D eigenvalue weighted by Gasteiger charge is 2.16. The highest BCUT2D eigenvalue weighted by Crippen LogP contribution is 2.24. The van der Waals surface area contributed by atoms with Gasteiger partial charge in [-0.15, -0.1) is 12.4 Å². The molecule has 0 aromatic heterocycles. The second kappa shape index (κ2) is 5.09. The normalized spacial score (nSPS) is 19.6. The Hall–Kier alpha value is -1.13. The average molecular weight is 229 g/mol. The molecule has 1 aliphatic rings. The molecule has 1 fully saturated rings.